The zero-order valence-corrected chi connectivity index (χ0v) is 9.03. The fourth-order valence-corrected chi connectivity index (χ4v) is 1.59. The highest BCUT2D eigenvalue weighted by atomic mass is 32.1. The molecule has 2 N–H and O–H groups in total. The molecule has 0 aliphatic heterocycles. The Hall–Kier alpha value is -1.47. The van der Waals surface area contributed by atoms with E-state index in [9.17, 15) is 0 Å². The van der Waals surface area contributed by atoms with E-state index in [1.165, 1.54) is 0 Å². The van der Waals surface area contributed by atoms with Gasteiger partial charge in [-0.05, 0) is 12.2 Å². The Morgan fingerprint density at radius 3 is 3.00 bits per heavy atom. The van der Waals surface area contributed by atoms with Gasteiger partial charge in [0.1, 0.15) is 6.61 Å². The van der Waals surface area contributed by atoms with Crippen LogP contribution in [0.25, 0.3) is 0 Å². The normalized spacial score (nSPS) is 10.8. The maximum Gasteiger partial charge on any atom is 0.195 e. The van der Waals surface area contributed by atoms with Crippen LogP contribution in [0, 0.1) is 4.77 Å². The summed E-state index contributed by atoms with van der Waals surface area (Å²) in [6, 6.07) is 0. The van der Waals surface area contributed by atoms with E-state index in [0.717, 1.165) is 5.56 Å². The molecule has 0 saturated carbocycles. The highest BCUT2D eigenvalue weighted by Crippen LogP contribution is 2.04. The molecule has 0 bridgehead atoms. The van der Waals surface area contributed by atoms with Crippen molar-refractivity contribution in [1.29, 1.82) is 0 Å². The van der Waals surface area contributed by atoms with Gasteiger partial charge in [0, 0.05) is 18.8 Å². The Balaban J connectivity index is 2.31. The third-order valence-corrected chi connectivity index (χ3v) is 2.39. The Bertz CT molecular complexity index is 511. The Kier molecular flexibility index (Phi) is 2.65. The molecule has 0 atom stereocenters. The smallest absolute Gasteiger partial charge is 0.195 e. The summed E-state index contributed by atoms with van der Waals surface area (Å²) in [5, 5.41) is 19.7. The first kappa shape index (κ1) is 10.1. The second-order valence-corrected chi connectivity index (χ2v) is 3.60. The molecule has 2 aromatic rings. The quantitative estimate of drug-likeness (QED) is 0.733. The molecule has 0 unspecified atom stereocenters. The first-order valence-electron chi connectivity index (χ1n) is 4.43. The van der Waals surface area contributed by atoms with Gasteiger partial charge in [0.15, 0.2) is 10.6 Å². The zero-order chi connectivity index (χ0) is 10.8. The molecular weight excluding hydrogens is 214 g/mol. The molecular formula is C8H11N5OS. The number of rotatable bonds is 3. The lowest BCUT2D eigenvalue weighted by atomic mass is 10.3. The summed E-state index contributed by atoms with van der Waals surface area (Å²) in [4.78, 5) is 0. The van der Waals surface area contributed by atoms with E-state index >= 15 is 0 Å². The zero-order valence-electron chi connectivity index (χ0n) is 8.21. The van der Waals surface area contributed by atoms with Gasteiger partial charge >= 0.3 is 0 Å². The fourth-order valence-electron chi connectivity index (χ4n) is 1.37. The molecule has 0 saturated heterocycles. The van der Waals surface area contributed by atoms with Crippen molar-refractivity contribution in [3.8, 4) is 0 Å². The molecule has 15 heavy (non-hydrogen) atoms. The van der Waals surface area contributed by atoms with Gasteiger partial charge in [-0.1, -0.05) is 0 Å². The number of aliphatic hydroxyl groups is 1. The van der Waals surface area contributed by atoms with Gasteiger partial charge in [-0.25, -0.2) is 0 Å². The van der Waals surface area contributed by atoms with Crippen molar-refractivity contribution in [2.75, 3.05) is 0 Å². The minimum Gasteiger partial charge on any atom is -0.388 e. The summed E-state index contributed by atoms with van der Waals surface area (Å²) >= 11 is 5.05. The molecule has 0 amide bonds. The lowest BCUT2D eigenvalue weighted by Gasteiger charge is -2.01. The highest BCUT2D eigenvalue weighted by molar-refractivity contribution is 7.71. The summed E-state index contributed by atoms with van der Waals surface area (Å²) in [7, 11) is 1.85. The van der Waals surface area contributed by atoms with Gasteiger partial charge in [0.05, 0.1) is 12.7 Å². The minimum absolute atomic E-state index is 0.132. The lowest BCUT2D eigenvalue weighted by molar-refractivity contribution is 0.265. The second kappa shape index (κ2) is 3.95. The summed E-state index contributed by atoms with van der Waals surface area (Å²) in [5.41, 5.74) is 1.02. The molecule has 2 aromatic heterocycles. The van der Waals surface area contributed by atoms with Gasteiger partial charge in [0.2, 0.25) is 0 Å². The van der Waals surface area contributed by atoms with E-state index in [-0.39, 0.29) is 6.61 Å². The monoisotopic (exact) mass is 225 g/mol. The minimum atomic E-state index is -0.132. The van der Waals surface area contributed by atoms with Crippen LogP contribution in [-0.2, 0) is 20.2 Å². The lowest BCUT2D eigenvalue weighted by Crippen LogP contribution is -2.04. The van der Waals surface area contributed by atoms with E-state index < -0.39 is 0 Å². The number of hydrogen-bond donors (Lipinski definition) is 2. The van der Waals surface area contributed by atoms with Crippen LogP contribution in [0.3, 0.4) is 0 Å². The number of hydrogen-bond acceptors (Lipinski definition) is 4. The third kappa shape index (κ3) is 1.97. The van der Waals surface area contributed by atoms with Crippen LogP contribution >= 0.6 is 12.2 Å². The molecule has 80 valence electrons. The Labute approximate surface area is 91.2 Å². The molecule has 7 heteroatoms. The van der Waals surface area contributed by atoms with E-state index in [4.69, 9.17) is 17.3 Å². The van der Waals surface area contributed by atoms with E-state index in [1.807, 2.05) is 13.2 Å². The van der Waals surface area contributed by atoms with E-state index in [0.29, 0.717) is 17.1 Å². The van der Waals surface area contributed by atoms with Crippen LogP contribution in [0.4, 0.5) is 0 Å². The highest BCUT2D eigenvalue weighted by Gasteiger charge is 2.06. The first-order valence-corrected chi connectivity index (χ1v) is 4.84. The van der Waals surface area contributed by atoms with Gasteiger partial charge in [-0.15, -0.1) is 0 Å². The maximum absolute atomic E-state index is 9.04. The Morgan fingerprint density at radius 1 is 1.60 bits per heavy atom. The first-order chi connectivity index (χ1) is 7.20. The summed E-state index contributed by atoms with van der Waals surface area (Å²) in [6.45, 7) is 0.437. The molecule has 0 radical (unpaired) electrons. The standard InChI is InChI=1S/C8H11N5OS/c1-12-3-6(2-9-12)4-13-7(5-14)10-11-8(13)15/h2-3,14H,4-5H2,1H3,(H,11,15). The average molecular weight is 225 g/mol. The van der Waals surface area contributed by atoms with Gasteiger partial charge < -0.3 is 5.11 Å². The summed E-state index contributed by atoms with van der Waals surface area (Å²) < 4.78 is 3.96. The summed E-state index contributed by atoms with van der Waals surface area (Å²) in [5.74, 6) is 0.531. The van der Waals surface area contributed by atoms with Crippen LogP contribution in [-0.4, -0.2) is 29.7 Å². The van der Waals surface area contributed by atoms with Gasteiger partial charge in [-0.2, -0.15) is 10.2 Å². The fraction of sp³-hybridized carbons (Fsp3) is 0.375. The molecule has 2 heterocycles. The van der Waals surface area contributed by atoms with Crippen molar-refractivity contribution in [3.63, 3.8) is 0 Å². The molecule has 0 aromatic carbocycles. The van der Waals surface area contributed by atoms with E-state index in [2.05, 4.69) is 15.3 Å². The maximum atomic E-state index is 9.04. The van der Waals surface area contributed by atoms with Crippen LogP contribution in [0.1, 0.15) is 11.4 Å². The van der Waals surface area contributed by atoms with Crippen molar-refractivity contribution >= 4 is 12.2 Å². The predicted octanol–water partition coefficient (Wildman–Crippen LogP) is 0.215. The van der Waals surface area contributed by atoms with Crippen LogP contribution < -0.4 is 0 Å². The molecule has 6 nitrogen and oxygen atoms in total. The summed E-state index contributed by atoms with van der Waals surface area (Å²) in [6.07, 6.45) is 3.66. The van der Waals surface area contributed by atoms with Crippen molar-refractivity contribution in [1.82, 2.24) is 24.5 Å². The van der Waals surface area contributed by atoms with Gasteiger partial charge in [0.25, 0.3) is 0 Å². The van der Waals surface area contributed by atoms with Crippen LogP contribution in [0.2, 0.25) is 0 Å². The SMILES string of the molecule is Cn1cc(Cn2c(CO)n[nH]c2=S)cn1. The molecule has 2 rings (SSSR count). The molecule has 0 aliphatic carbocycles. The molecule has 0 spiro atoms. The predicted molar refractivity (Wildman–Crippen MR) is 55.6 cm³/mol. The van der Waals surface area contributed by atoms with E-state index in [1.54, 1.807) is 15.4 Å². The number of aromatic nitrogens is 5. The molecule has 0 aliphatic rings. The largest absolute Gasteiger partial charge is 0.388 e. The number of aryl methyl sites for hydroxylation is 1. The Morgan fingerprint density at radius 2 is 2.40 bits per heavy atom. The number of aliphatic hydroxyl groups excluding tert-OH is 1. The van der Waals surface area contributed by atoms with Crippen molar-refractivity contribution < 1.29 is 5.11 Å². The number of nitrogens with zero attached hydrogens (tertiary/aromatic N) is 4. The van der Waals surface area contributed by atoms with Crippen molar-refractivity contribution in [2.24, 2.45) is 7.05 Å². The number of nitrogens with one attached hydrogen (secondary N) is 1. The van der Waals surface area contributed by atoms with Crippen LogP contribution in [0.5, 0.6) is 0 Å². The number of H-pyrrole nitrogens is 1. The topological polar surface area (TPSA) is 71.7 Å². The number of aromatic amines is 1. The van der Waals surface area contributed by atoms with Crippen LogP contribution in [0.15, 0.2) is 12.4 Å². The van der Waals surface area contributed by atoms with Crippen molar-refractivity contribution in [2.45, 2.75) is 13.2 Å². The average Bonchev–Trinajstić information content (AvgIpc) is 2.76. The second-order valence-electron chi connectivity index (χ2n) is 3.21. The third-order valence-electron chi connectivity index (χ3n) is 2.08. The van der Waals surface area contributed by atoms with Gasteiger partial charge in [-0.3, -0.25) is 14.3 Å². The van der Waals surface area contributed by atoms with Crippen molar-refractivity contribution in [3.05, 3.63) is 28.6 Å². The molecule has 0 fully saturated rings.